The SMILES string of the molecule is Cc1cn(-c2ccc(N)cc2Oc2cccc(C(F)(F)F)c2)cn1. The smallest absolute Gasteiger partial charge is 0.416 e. The van der Waals surface area contributed by atoms with Crippen LogP contribution in [0.2, 0.25) is 0 Å². The van der Waals surface area contributed by atoms with Gasteiger partial charge in [0.25, 0.3) is 0 Å². The van der Waals surface area contributed by atoms with Gasteiger partial charge in [-0.2, -0.15) is 13.2 Å². The number of nitrogen functional groups attached to an aromatic ring is 1. The number of alkyl halides is 3. The van der Waals surface area contributed by atoms with Gasteiger partial charge in [0.15, 0.2) is 5.75 Å². The first-order valence-electron chi connectivity index (χ1n) is 7.08. The Balaban J connectivity index is 2.00. The molecule has 4 nitrogen and oxygen atoms in total. The van der Waals surface area contributed by atoms with Crippen molar-refractivity contribution in [2.75, 3.05) is 5.73 Å². The van der Waals surface area contributed by atoms with Crippen molar-refractivity contribution in [3.8, 4) is 17.2 Å². The molecular formula is C17H14F3N3O. The normalized spacial score (nSPS) is 11.5. The van der Waals surface area contributed by atoms with Gasteiger partial charge >= 0.3 is 6.18 Å². The molecule has 7 heteroatoms. The lowest BCUT2D eigenvalue weighted by molar-refractivity contribution is -0.137. The summed E-state index contributed by atoms with van der Waals surface area (Å²) in [5.41, 5.74) is 6.88. The molecule has 3 rings (SSSR count). The number of imidazole rings is 1. The Labute approximate surface area is 136 Å². The highest BCUT2D eigenvalue weighted by Crippen LogP contribution is 2.35. The van der Waals surface area contributed by atoms with Crippen LogP contribution in [0, 0.1) is 6.92 Å². The number of hydrogen-bond acceptors (Lipinski definition) is 3. The van der Waals surface area contributed by atoms with Crippen molar-refractivity contribution in [1.82, 2.24) is 9.55 Å². The molecule has 0 spiro atoms. The predicted molar refractivity (Wildman–Crippen MR) is 84.2 cm³/mol. The molecule has 0 amide bonds. The minimum absolute atomic E-state index is 0.0773. The molecule has 0 radical (unpaired) electrons. The standard InChI is InChI=1S/C17H14F3N3O/c1-11-9-23(10-22-11)15-6-5-13(21)8-16(15)24-14-4-2-3-12(7-14)17(18,19)20/h2-10H,21H2,1H3. The number of hydrogen-bond donors (Lipinski definition) is 1. The van der Waals surface area contributed by atoms with Crippen LogP contribution in [0.4, 0.5) is 18.9 Å². The quantitative estimate of drug-likeness (QED) is 0.714. The van der Waals surface area contributed by atoms with Gasteiger partial charge in [0.2, 0.25) is 0 Å². The Hall–Kier alpha value is -2.96. The third-order valence-corrected chi connectivity index (χ3v) is 3.36. The summed E-state index contributed by atoms with van der Waals surface area (Å²) in [6.45, 7) is 1.83. The van der Waals surface area contributed by atoms with Crippen LogP contribution in [0.5, 0.6) is 11.5 Å². The maximum Gasteiger partial charge on any atom is 0.416 e. The topological polar surface area (TPSA) is 53.1 Å². The molecule has 0 atom stereocenters. The summed E-state index contributed by atoms with van der Waals surface area (Å²) in [7, 11) is 0. The van der Waals surface area contributed by atoms with Crippen LogP contribution in [0.1, 0.15) is 11.3 Å². The van der Waals surface area contributed by atoms with Crippen LogP contribution < -0.4 is 10.5 Å². The Morgan fingerprint density at radius 1 is 1.12 bits per heavy atom. The molecule has 24 heavy (non-hydrogen) atoms. The fourth-order valence-corrected chi connectivity index (χ4v) is 2.24. The largest absolute Gasteiger partial charge is 0.455 e. The summed E-state index contributed by atoms with van der Waals surface area (Å²) in [4.78, 5) is 4.14. The number of benzene rings is 2. The minimum Gasteiger partial charge on any atom is -0.455 e. The van der Waals surface area contributed by atoms with Crippen molar-refractivity contribution < 1.29 is 17.9 Å². The van der Waals surface area contributed by atoms with Crippen LogP contribution in [0.15, 0.2) is 55.0 Å². The summed E-state index contributed by atoms with van der Waals surface area (Å²) in [5.74, 6) is 0.417. The van der Waals surface area contributed by atoms with E-state index >= 15 is 0 Å². The molecule has 124 valence electrons. The van der Waals surface area contributed by atoms with Crippen molar-refractivity contribution in [1.29, 1.82) is 0 Å². The van der Waals surface area contributed by atoms with Crippen LogP contribution >= 0.6 is 0 Å². The number of anilines is 1. The first-order chi connectivity index (χ1) is 11.3. The van der Waals surface area contributed by atoms with E-state index in [0.717, 1.165) is 17.8 Å². The number of rotatable bonds is 3. The Kier molecular flexibility index (Phi) is 3.92. The fourth-order valence-electron chi connectivity index (χ4n) is 2.24. The van der Waals surface area contributed by atoms with E-state index in [0.29, 0.717) is 17.1 Å². The summed E-state index contributed by atoms with van der Waals surface area (Å²) in [6, 6.07) is 9.67. The average molecular weight is 333 g/mol. The number of aromatic nitrogens is 2. The third kappa shape index (κ3) is 3.34. The molecule has 0 saturated heterocycles. The number of nitrogens with two attached hydrogens (primary N) is 1. The molecule has 0 aliphatic heterocycles. The molecule has 1 aromatic heterocycles. The van der Waals surface area contributed by atoms with Crippen molar-refractivity contribution in [3.05, 3.63) is 66.2 Å². The molecular weight excluding hydrogens is 319 g/mol. The van der Waals surface area contributed by atoms with E-state index in [1.54, 1.807) is 35.3 Å². The summed E-state index contributed by atoms with van der Waals surface area (Å²) in [5, 5.41) is 0. The summed E-state index contributed by atoms with van der Waals surface area (Å²) < 4.78 is 45.9. The molecule has 2 N–H and O–H groups in total. The zero-order valence-corrected chi connectivity index (χ0v) is 12.7. The van der Waals surface area contributed by atoms with Crippen molar-refractivity contribution in [2.45, 2.75) is 13.1 Å². The minimum atomic E-state index is -4.43. The van der Waals surface area contributed by atoms with Gasteiger partial charge < -0.3 is 15.0 Å². The monoisotopic (exact) mass is 333 g/mol. The second-order valence-corrected chi connectivity index (χ2v) is 5.28. The van der Waals surface area contributed by atoms with Gasteiger partial charge in [0.05, 0.1) is 23.3 Å². The lowest BCUT2D eigenvalue weighted by Gasteiger charge is -2.14. The van der Waals surface area contributed by atoms with Gasteiger partial charge in [-0.25, -0.2) is 4.98 Å². The molecule has 0 aliphatic carbocycles. The third-order valence-electron chi connectivity index (χ3n) is 3.36. The molecule has 0 bridgehead atoms. The molecule has 0 unspecified atom stereocenters. The summed E-state index contributed by atoms with van der Waals surface area (Å²) >= 11 is 0. The van der Waals surface area contributed by atoms with E-state index in [1.807, 2.05) is 6.92 Å². The highest BCUT2D eigenvalue weighted by atomic mass is 19.4. The zero-order chi connectivity index (χ0) is 17.3. The maximum absolute atomic E-state index is 12.8. The number of nitrogens with zero attached hydrogens (tertiary/aromatic N) is 2. The molecule has 0 aliphatic rings. The first-order valence-corrected chi connectivity index (χ1v) is 7.08. The highest BCUT2D eigenvalue weighted by Gasteiger charge is 2.30. The number of ether oxygens (including phenoxy) is 1. The molecule has 0 fully saturated rings. The van der Waals surface area contributed by atoms with E-state index in [9.17, 15) is 13.2 Å². The second kappa shape index (κ2) is 5.92. The predicted octanol–water partition coefficient (Wildman–Crippen LogP) is 4.57. The van der Waals surface area contributed by atoms with Crippen LogP contribution in [0.25, 0.3) is 5.69 Å². The first kappa shape index (κ1) is 15.9. The van der Waals surface area contributed by atoms with Crippen LogP contribution in [0.3, 0.4) is 0 Å². The van der Waals surface area contributed by atoms with Crippen LogP contribution in [-0.4, -0.2) is 9.55 Å². The fraction of sp³-hybridized carbons (Fsp3) is 0.118. The lowest BCUT2D eigenvalue weighted by atomic mass is 10.2. The van der Waals surface area contributed by atoms with E-state index in [4.69, 9.17) is 10.5 Å². The number of aryl methyl sites for hydroxylation is 1. The molecule has 0 saturated carbocycles. The van der Waals surface area contributed by atoms with Gasteiger partial charge in [-0.1, -0.05) is 6.07 Å². The van der Waals surface area contributed by atoms with E-state index in [1.165, 1.54) is 12.1 Å². The van der Waals surface area contributed by atoms with Crippen molar-refractivity contribution in [3.63, 3.8) is 0 Å². The zero-order valence-electron chi connectivity index (χ0n) is 12.7. The summed E-state index contributed by atoms with van der Waals surface area (Å²) in [6.07, 6.45) is -1.05. The Bertz CT molecular complexity index is 872. The van der Waals surface area contributed by atoms with Crippen molar-refractivity contribution in [2.24, 2.45) is 0 Å². The van der Waals surface area contributed by atoms with E-state index in [-0.39, 0.29) is 5.75 Å². The van der Waals surface area contributed by atoms with Gasteiger partial charge in [0, 0.05) is 18.0 Å². The van der Waals surface area contributed by atoms with Crippen LogP contribution in [-0.2, 0) is 6.18 Å². The highest BCUT2D eigenvalue weighted by molar-refractivity contribution is 5.57. The van der Waals surface area contributed by atoms with E-state index in [2.05, 4.69) is 4.98 Å². The Morgan fingerprint density at radius 3 is 2.58 bits per heavy atom. The molecule has 1 heterocycles. The maximum atomic E-state index is 12.8. The molecule has 3 aromatic rings. The Morgan fingerprint density at radius 2 is 1.92 bits per heavy atom. The average Bonchev–Trinajstić information content (AvgIpc) is 2.93. The van der Waals surface area contributed by atoms with Gasteiger partial charge in [-0.3, -0.25) is 0 Å². The second-order valence-electron chi connectivity index (χ2n) is 5.28. The molecule has 2 aromatic carbocycles. The van der Waals surface area contributed by atoms with Gasteiger partial charge in [0.1, 0.15) is 5.75 Å². The van der Waals surface area contributed by atoms with Gasteiger partial charge in [-0.15, -0.1) is 0 Å². The number of halogens is 3. The van der Waals surface area contributed by atoms with Gasteiger partial charge in [-0.05, 0) is 37.3 Å². The van der Waals surface area contributed by atoms with Crippen molar-refractivity contribution >= 4 is 5.69 Å². The lowest BCUT2D eigenvalue weighted by Crippen LogP contribution is -2.04. The van der Waals surface area contributed by atoms with E-state index < -0.39 is 11.7 Å².